The number of benzene rings is 2. The van der Waals surface area contributed by atoms with Crippen LogP contribution in [0.5, 0.6) is 11.5 Å². The van der Waals surface area contributed by atoms with Crippen LogP contribution in [0, 0.1) is 0 Å². The van der Waals surface area contributed by atoms with Crippen molar-refractivity contribution < 1.29 is 19.7 Å². The zero-order valence-electron chi connectivity index (χ0n) is 14.5. The van der Waals surface area contributed by atoms with Crippen molar-refractivity contribution in [1.82, 2.24) is 0 Å². The summed E-state index contributed by atoms with van der Waals surface area (Å²) in [7, 11) is 0. The summed E-state index contributed by atoms with van der Waals surface area (Å²) in [6, 6.07) is 9.73. The predicted octanol–water partition coefficient (Wildman–Crippen LogP) is 4.31. The largest absolute Gasteiger partial charge is 0.504 e. The average molecular weight is 340 g/mol. The number of hydrogen-bond donors (Lipinski definition) is 2. The van der Waals surface area contributed by atoms with Gasteiger partial charge in [-0.2, -0.15) is 0 Å². The van der Waals surface area contributed by atoms with Crippen molar-refractivity contribution >= 4 is 6.29 Å². The third kappa shape index (κ3) is 4.28. The monoisotopic (exact) mass is 340 g/mol. The smallest absolute Gasteiger partial charge is 0.168 e. The van der Waals surface area contributed by atoms with Crippen LogP contribution in [0.3, 0.4) is 0 Å². The Balaban J connectivity index is 2.38. The Bertz CT molecular complexity index is 736. The lowest BCUT2D eigenvalue weighted by molar-refractivity contribution is 0.103. The fourth-order valence-corrected chi connectivity index (χ4v) is 2.95. The van der Waals surface area contributed by atoms with Gasteiger partial charge in [-0.25, -0.2) is 0 Å². The van der Waals surface area contributed by atoms with E-state index >= 15 is 0 Å². The molecular formula is C21H24O4. The summed E-state index contributed by atoms with van der Waals surface area (Å²) < 4.78 is 5.78. The van der Waals surface area contributed by atoms with Crippen molar-refractivity contribution in [3.63, 3.8) is 0 Å². The number of carbonyl (C=O) groups excluding carboxylic acids is 1. The van der Waals surface area contributed by atoms with Crippen LogP contribution in [-0.4, -0.2) is 16.5 Å². The first-order valence-electron chi connectivity index (χ1n) is 8.40. The van der Waals surface area contributed by atoms with Crippen LogP contribution in [0.25, 0.3) is 0 Å². The first-order valence-corrected chi connectivity index (χ1v) is 8.40. The molecule has 0 atom stereocenters. The molecule has 2 rings (SSSR count). The molecule has 2 N–H and O–H groups in total. The topological polar surface area (TPSA) is 66.8 Å². The molecule has 25 heavy (non-hydrogen) atoms. The number of ether oxygens (including phenoxy) is 1. The molecule has 0 saturated heterocycles. The van der Waals surface area contributed by atoms with Crippen molar-refractivity contribution in [3.8, 4) is 11.5 Å². The third-order valence-corrected chi connectivity index (χ3v) is 4.14. The maximum Gasteiger partial charge on any atom is 0.168 e. The van der Waals surface area contributed by atoms with Gasteiger partial charge in [0.2, 0.25) is 0 Å². The molecule has 4 nitrogen and oxygen atoms in total. The molecule has 0 unspecified atom stereocenters. The van der Waals surface area contributed by atoms with Gasteiger partial charge in [0.1, 0.15) is 0 Å². The normalized spacial score (nSPS) is 10.6. The quantitative estimate of drug-likeness (QED) is 0.405. The molecule has 0 spiro atoms. The number of phenolic OH excluding ortho intramolecular Hbond substituents is 2. The summed E-state index contributed by atoms with van der Waals surface area (Å²) >= 11 is 0. The summed E-state index contributed by atoms with van der Waals surface area (Å²) in [5, 5.41) is 20.5. The van der Waals surface area contributed by atoms with Gasteiger partial charge in [-0.15, -0.1) is 6.58 Å². The minimum absolute atomic E-state index is 0.0854. The number of aromatic hydroxyl groups is 2. The van der Waals surface area contributed by atoms with E-state index in [0.717, 1.165) is 17.5 Å². The van der Waals surface area contributed by atoms with Crippen LogP contribution in [0.2, 0.25) is 0 Å². The molecule has 132 valence electrons. The first kappa shape index (κ1) is 18.7. The maximum absolute atomic E-state index is 11.5. The van der Waals surface area contributed by atoms with Crippen LogP contribution in [0.4, 0.5) is 0 Å². The van der Waals surface area contributed by atoms with Gasteiger partial charge in [-0.3, -0.25) is 4.79 Å². The molecule has 0 fully saturated rings. The summed E-state index contributed by atoms with van der Waals surface area (Å²) in [5.74, 6) is -0.586. The second-order valence-electron chi connectivity index (χ2n) is 5.89. The van der Waals surface area contributed by atoms with E-state index in [-0.39, 0.29) is 23.7 Å². The number of carbonyl (C=O) groups is 1. The highest BCUT2D eigenvalue weighted by Gasteiger charge is 2.22. The van der Waals surface area contributed by atoms with Crippen LogP contribution < -0.4 is 0 Å². The van der Waals surface area contributed by atoms with E-state index in [9.17, 15) is 15.0 Å². The van der Waals surface area contributed by atoms with Crippen LogP contribution in [0.15, 0.2) is 43.0 Å². The first-order chi connectivity index (χ1) is 12.1. The SMILES string of the molecule is C=CCc1c(CCC)c(O)c(O)c(C=O)c1COCc1ccccc1. The van der Waals surface area contributed by atoms with Gasteiger partial charge in [0.15, 0.2) is 17.8 Å². The van der Waals surface area contributed by atoms with E-state index in [1.807, 2.05) is 37.3 Å². The maximum atomic E-state index is 11.5. The van der Waals surface area contributed by atoms with Gasteiger partial charge in [0.25, 0.3) is 0 Å². The van der Waals surface area contributed by atoms with E-state index in [1.54, 1.807) is 6.08 Å². The van der Waals surface area contributed by atoms with Crippen molar-refractivity contribution in [2.45, 2.75) is 39.4 Å². The van der Waals surface area contributed by atoms with E-state index in [4.69, 9.17) is 4.74 Å². The zero-order valence-corrected chi connectivity index (χ0v) is 14.5. The van der Waals surface area contributed by atoms with Gasteiger partial charge in [-0.1, -0.05) is 49.8 Å². The summed E-state index contributed by atoms with van der Waals surface area (Å²) in [4.78, 5) is 11.5. The minimum atomic E-state index is -0.371. The van der Waals surface area contributed by atoms with E-state index < -0.39 is 0 Å². The van der Waals surface area contributed by atoms with Crippen molar-refractivity contribution in [1.29, 1.82) is 0 Å². The molecule has 2 aromatic rings. The highest BCUT2D eigenvalue weighted by molar-refractivity contribution is 5.85. The second-order valence-corrected chi connectivity index (χ2v) is 5.89. The lowest BCUT2D eigenvalue weighted by Crippen LogP contribution is -2.07. The molecule has 0 aliphatic heterocycles. The van der Waals surface area contributed by atoms with Gasteiger partial charge in [-0.05, 0) is 29.5 Å². The number of phenols is 2. The minimum Gasteiger partial charge on any atom is -0.504 e. The predicted molar refractivity (Wildman–Crippen MR) is 98.0 cm³/mol. The molecule has 0 aliphatic rings. The second kappa shape index (κ2) is 9.04. The van der Waals surface area contributed by atoms with Gasteiger partial charge in [0, 0.05) is 5.56 Å². The number of rotatable bonds is 9. The molecule has 0 aromatic heterocycles. The van der Waals surface area contributed by atoms with Crippen LogP contribution in [-0.2, 0) is 30.8 Å². The fraction of sp³-hybridized carbons (Fsp3) is 0.286. The Morgan fingerprint density at radius 3 is 2.36 bits per heavy atom. The number of allylic oxidation sites excluding steroid dienone is 1. The Morgan fingerprint density at radius 2 is 1.76 bits per heavy atom. The highest BCUT2D eigenvalue weighted by atomic mass is 16.5. The Kier molecular flexibility index (Phi) is 6.78. The molecule has 0 bridgehead atoms. The lowest BCUT2D eigenvalue weighted by Gasteiger charge is -2.19. The lowest BCUT2D eigenvalue weighted by atomic mass is 9.90. The molecule has 2 aromatic carbocycles. The van der Waals surface area contributed by atoms with Gasteiger partial charge < -0.3 is 14.9 Å². The molecule has 4 heteroatoms. The Morgan fingerprint density at radius 1 is 1.04 bits per heavy atom. The Labute approximate surface area is 148 Å². The van der Waals surface area contributed by atoms with Crippen molar-refractivity contribution in [3.05, 3.63) is 70.8 Å². The van der Waals surface area contributed by atoms with Crippen molar-refractivity contribution in [2.75, 3.05) is 0 Å². The summed E-state index contributed by atoms with van der Waals surface area (Å²) in [6.07, 6.45) is 4.20. The van der Waals surface area contributed by atoms with E-state index in [1.165, 1.54) is 0 Å². The Hall–Kier alpha value is -2.59. The molecule has 0 heterocycles. The van der Waals surface area contributed by atoms with Gasteiger partial charge >= 0.3 is 0 Å². The summed E-state index contributed by atoms with van der Waals surface area (Å²) in [5.41, 5.74) is 3.19. The molecule has 0 saturated carbocycles. The molecule has 0 amide bonds. The van der Waals surface area contributed by atoms with E-state index in [2.05, 4.69) is 6.58 Å². The molecule has 0 radical (unpaired) electrons. The van der Waals surface area contributed by atoms with E-state index in [0.29, 0.717) is 36.9 Å². The van der Waals surface area contributed by atoms with Crippen LogP contribution in [0.1, 0.15) is 46.0 Å². The molecule has 0 aliphatic carbocycles. The number of hydrogen-bond acceptors (Lipinski definition) is 4. The number of aldehydes is 1. The third-order valence-electron chi connectivity index (χ3n) is 4.14. The van der Waals surface area contributed by atoms with Gasteiger partial charge in [0.05, 0.1) is 18.8 Å². The van der Waals surface area contributed by atoms with Crippen molar-refractivity contribution in [2.24, 2.45) is 0 Å². The van der Waals surface area contributed by atoms with Crippen LogP contribution >= 0.6 is 0 Å². The highest BCUT2D eigenvalue weighted by Crippen LogP contribution is 2.39. The molecular weight excluding hydrogens is 316 g/mol. The summed E-state index contributed by atoms with van der Waals surface area (Å²) in [6.45, 7) is 6.33. The standard InChI is InChI=1S/C21H24O4/c1-3-8-16-17(9-4-2)20(23)21(24)18(12-22)19(16)14-25-13-15-10-6-5-7-11-15/h3,5-7,10-12,23-24H,1,4,8-9,13-14H2,2H3. The average Bonchev–Trinajstić information content (AvgIpc) is 2.63. The fourth-order valence-electron chi connectivity index (χ4n) is 2.95. The zero-order chi connectivity index (χ0) is 18.2.